The first-order valence-electron chi connectivity index (χ1n) is 4.37. The van der Waals surface area contributed by atoms with Crippen molar-refractivity contribution in [3.63, 3.8) is 0 Å². The molecule has 3 nitrogen and oxygen atoms in total. The fourth-order valence-corrected chi connectivity index (χ4v) is 1.62. The molecule has 68 valence electrons. The van der Waals surface area contributed by atoms with E-state index in [0.29, 0.717) is 6.54 Å². The second-order valence-electron chi connectivity index (χ2n) is 3.13. The quantitative estimate of drug-likeness (QED) is 0.663. The monoisotopic (exact) mass is 177 g/mol. The molecule has 1 aromatic carbocycles. The fourth-order valence-electron chi connectivity index (χ4n) is 1.62. The topological polar surface area (TPSA) is 29.0 Å². The average Bonchev–Trinajstić information content (AvgIpc) is 2.46. The van der Waals surface area contributed by atoms with Crippen LogP contribution >= 0.6 is 0 Å². The minimum Gasteiger partial charge on any atom is -0.392 e. The Hall–Kier alpha value is -1.35. The van der Waals surface area contributed by atoms with E-state index < -0.39 is 0 Å². The van der Waals surface area contributed by atoms with E-state index in [1.54, 1.807) is 0 Å². The molecule has 0 radical (unpaired) electrons. The van der Waals surface area contributed by atoms with Crippen LogP contribution < -0.4 is 4.57 Å². The Morgan fingerprint density at radius 2 is 2.15 bits per heavy atom. The van der Waals surface area contributed by atoms with Gasteiger partial charge in [0, 0.05) is 0 Å². The average molecular weight is 177 g/mol. The van der Waals surface area contributed by atoms with Gasteiger partial charge in [-0.05, 0) is 12.1 Å². The third-order valence-corrected chi connectivity index (χ3v) is 2.22. The van der Waals surface area contributed by atoms with Gasteiger partial charge in [-0.25, -0.2) is 9.13 Å². The van der Waals surface area contributed by atoms with E-state index in [9.17, 15) is 0 Å². The molecule has 0 bridgehead atoms. The summed E-state index contributed by atoms with van der Waals surface area (Å²) < 4.78 is 4.11. The number of para-hydroxylation sites is 2. The Labute approximate surface area is 76.9 Å². The van der Waals surface area contributed by atoms with E-state index in [-0.39, 0.29) is 6.61 Å². The third-order valence-electron chi connectivity index (χ3n) is 2.22. The van der Waals surface area contributed by atoms with Crippen LogP contribution in [0, 0.1) is 0 Å². The Bertz CT molecular complexity index is 420. The van der Waals surface area contributed by atoms with Gasteiger partial charge in [0.1, 0.15) is 6.54 Å². The molecule has 1 aromatic heterocycles. The van der Waals surface area contributed by atoms with Crippen molar-refractivity contribution in [3.05, 3.63) is 30.6 Å². The molecule has 1 heterocycles. The second kappa shape index (κ2) is 3.18. The molecule has 0 aliphatic rings. The number of hydrogen-bond donors (Lipinski definition) is 1. The van der Waals surface area contributed by atoms with Gasteiger partial charge in [-0.2, -0.15) is 0 Å². The first-order valence-corrected chi connectivity index (χ1v) is 4.37. The van der Waals surface area contributed by atoms with Crippen LogP contribution in [0.3, 0.4) is 0 Å². The summed E-state index contributed by atoms with van der Waals surface area (Å²) in [5, 5.41) is 8.86. The maximum absolute atomic E-state index is 8.86. The molecular formula is C10H13N2O+. The van der Waals surface area contributed by atoms with Gasteiger partial charge in [-0.3, -0.25) is 0 Å². The van der Waals surface area contributed by atoms with E-state index >= 15 is 0 Å². The molecule has 0 aliphatic heterocycles. The maximum atomic E-state index is 8.86. The van der Waals surface area contributed by atoms with Crippen molar-refractivity contribution < 1.29 is 9.67 Å². The standard InChI is InChI=1S/C10H13N2O/c1-11-8-12(6-7-13)10-5-3-2-4-9(10)11/h2-5,8,13H,6-7H2,1H3/q+1. The van der Waals surface area contributed by atoms with Gasteiger partial charge in [-0.1, -0.05) is 12.1 Å². The molecule has 2 aromatic rings. The van der Waals surface area contributed by atoms with E-state index in [1.807, 2.05) is 25.5 Å². The number of imidazole rings is 1. The number of nitrogens with zero attached hydrogens (tertiary/aromatic N) is 2. The molecule has 13 heavy (non-hydrogen) atoms. The number of rotatable bonds is 2. The molecular weight excluding hydrogens is 164 g/mol. The Balaban J connectivity index is 2.63. The van der Waals surface area contributed by atoms with Crippen LogP contribution in [0.2, 0.25) is 0 Å². The van der Waals surface area contributed by atoms with Gasteiger partial charge in [0.25, 0.3) is 0 Å². The highest BCUT2D eigenvalue weighted by atomic mass is 16.3. The van der Waals surface area contributed by atoms with E-state index in [2.05, 4.69) is 21.3 Å². The normalized spacial score (nSPS) is 10.9. The highest BCUT2D eigenvalue weighted by Gasteiger charge is 2.10. The molecule has 2 rings (SSSR count). The summed E-state index contributed by atoms with van der Waals surface area (Å²) in [6.45, 7) is 0.833. The summed E-state index contributed by atoms with van der Waals surface area (Å²) in [7, 11) is 2.01. The molecule has 3 heteroatoms. The second-order valence-corrected chi connectivity index (χ2v) is 3.13. The van der Waals surface area contributed by atoms with Gasteiger partial charge in [0.15, 0.2) is 11.0 Å². The highest BCUT2D eigenvalue weighted by molar-refractivity contribution is 5.71. The van der Waals surface area contributed by atoms with E-state index in [1.165, 1.54) is 11.0 Å². The Morgan fingerprint density at radius 1 is 1.38 bits per heavy atom. The number of benzene rings is 1. The predicted octanol–water partition coefficient (Wildman–Crippen LogP) is 0.458. The van der Waals surface area contributed by atoms with Crippen LogP contribution in [0.25, 0.3) is 11.0 Å². The first-order chi connectivity index (χ1) is 6.33. The van der Waals surface area contributed by atoms with Gasteiger partial charge in [-0.15, -0.1) is 0 Å². The molecule has 0 spiro atoms. The summed E-state index contributed by atoms with van der Waals surface area (Å²) in [5.41, 5.74) is 2.36. The number of aromatic nitrogens is 2. The van der Waals surface area contributed by atoms with Crippen molar-refractivity contribution in [2.24, 2.45) is 7.05 Å². The smallest absolute Gasteiger partial charge is 0.244 e. The van der Waals surface area contributed by atoms with Crippen molar-refractivity contribution in [1.82, 2.24) is 4.57 Å². The van der Waals surface area contributed by atoms with Crippen molar-refractivity contribution in [3.8, 4) is 0 Å². The predicted molar refractivity (Wildman–Crippen MR) is 50.2 cm³/mol. The third kappa shape index (κ3) is 1.31. The van der Waals surface area contributed by atoms with E-state index in [0.717, 1.165) is 0 Å². The summed E-state index contributed by atoms with van der Waals surface area (Å²) in [5.74, 6) is 0. The van der Waals surface area contributed by atoms with Crippen LogP contribution in [-0.4, -0.2) is 16.3 Å². The molecule has 0 unspecified atom stereocenters. The number of aryl methyl sites for hydroxylation is 1. The zero-order chi connectivity index (χ0) is 9.26. The van der Waals surface area contributed by atoms with Crippen LogP contribution in [0.4, 0.5) is 0 Å². The molecule has 0 amide bonds. The Kier molecular flexibility index (Phi) is 2.02. The van der Waals surface area contributed by atoms with Crippen LogP contribution in [0.1, 0.15) is 0 Å². The lowest BCUT2D eigenvalue weighted by molar-refractivity contribution is -0.645. The largest absolute Gasteiger partial charge is 0.392 e. The molecule has 0 saturated carbocycles. The zero-order valence-electron chi connectivity index (χ0n) is 7.64. The van der Waals surface area contributed by atoms with Gasteiger partial charge in [0.2, 0.25) is 6.33 Å². The minimum absolute atomic E-state index is 0.179. The molecule has 0 aliphatic carbocycles. The van der Waals surface area contributed by atoms with Gasteiger partial charge >= 0.3 is 0 Å². The Morgan fingerprint density at radius 3 is 2.92 bits per heavy atom. The first kappa shape index (κ1) is 8.26. The SMILES string of the molecule is C[n+]1cn(CCO)c2ccccc21. The minimum atomic E-state index is 0.179. The lowest BCUT2D eigenvalue weighted by Gasteiger charge is -1.91. The maximum Gasteiger partial charge on any atom is 0.244 e. The van der Waals surface area contributed by atoms with Crippen LogP contribution in [-0.2, 0) is 13.6 Å². The summed E-state index contributed by atoms with van der Waals surface area (Å²) in [6.07, 6.45) is 2.00. The summed E-state index contributed by atoms with van der Waals surface area (Å²) in [6, 6.07) is 8.16. The van der Waals surface area contributed by atoms with Gasteiger partial charge < -0.3 is 5.11 Å². The molecule has 0 fully saturated rings. The molecule has 1 N–H and O–H groups in total. The summed E-state index contributed by atoms with van der Waals surface area (Å²) >= 11 is 0. The molecule has 0 atom stereocenters. The zero-order valence-corrected chi connectivity index (χ0v) is 7.64. The van der Waals surface area contributed by atoms with Crippen LogP contribution in [0.15, 0.2) is 30.6 Å². The van der Waals surface area contributed by atoms with Gasteiger partial charge in [0.05, 0.1) is 13.7 Å². The summed E-state index contributed by atoms with van der Waals surface area (Å²) in [4.78, 5) is 0. The van der Waals surface area contributed by atoms with Crippen molar-refractivity contribution in [1.29, 1.82) is 0 Å². The lowest BCUT2D eigenvalue weighted by atomic mass is 10.3. The van der Waals surface area contributed by atoms with E-state index in [4.69, 9.17) is 5.11 Å². The fraction of sp³-hybridized carbons (Fsp3) is 0.300. The number of aliphatic hydroxyl groups is 1. The van der Waals surface area contributed by atoms with Crippen molar-refractivity contribution in [2.75, 3.05) is 6.61 Å². The number of aliphatic hydroxyl groups excluding tert-OH is 1. The van der Waals surface area contributed by atoms with Crippen molar-refractivity contribution in [2.45, 2.75) is 6.54 Å². The lowest BCUT2D eigenvalue weighted by Crippen LogP contribution is -2.25. The van der Waals surface area contributed by atoms with Crippen LogP contribution in [0.5, 0.6) is 0 Å². The van der Waals surface area contributed by atoms with Crippen molar-refractivity contribution >= 4 is 11.0 Å². The number of fused-ring (bicyclic) bond motifs is 1. The molecule has 0 saturated heterocycles. The number of hydrogen-bond acceptors (Lipinski definition) is 1. The highest BCUT2D eigenvalue weighted by Crippen LogP contribution is 2.09.